The van der Waals surface area contributed by atoms with Gasteiger partial charge in [-0.3, -0.25) is 4.90 Å². The number of fused-ring (bicyclic) bond motifs is 2. The number of anilines is 3. The zero-order valence-corrected chi connectivity index (χ0v) is 24.5. The fourth-order valence-corrected chi connectivity index (χ4v) is 6.79. The lowest BCUT2D eigenvalue weighted by molar-refractivity contribution is 0.0828. The highest BCUT2D eigenvalue weighted by Gasteiger charge is 2.30. The van der Waals surface area contributed by atoms with E-state index in [2.05, 4.69) is 55.0 Å². The molecular weight excluding hydrogens is 529 g/mol. The number of halogens is 1. The van der Waals surface area contributed by atoms with Gasteiger partial charge in [-0.05, 0) is 69.0 Å². The first-order valence-corrected chi connectivity index (χ1v) is 14.9. The molecule has 0 unspecified atom stereocenters. The number of hydrogen-bond donors (Lipinski definition) is 2. The second-order valence-corrected chi connectivity index (χ2v) is 12.0. The fraction of sp³-hybridized carbons (Fsp3) is 0.406. The van der Waals surface area contributed by atoms with Gasteiger partial charge in [-0.1, -0.05) is 12.1 Å². The van der Waals surface area contributed by atoms with E-state index in [1.165, 1.54) is 32.0 Å². The van der Waals surface area contributed by atoms with Crippen LogP contribution in [0.5, 0.6) is 0 Å². The number of nitrogen functional groups attached to an aromatic ring is 1. The number of aromatic nitrogens is 5. The number of nitrogens with one attached hydrogen (secondary N) is 1. The van der Waals surface area contributed by atoms with E-state index in [4.69, 9.17) is 10.7 Å². The van der Waals surface area contributed by atoms with Crippen LogP contribution in [0.4, 0.5) is 21.8 Å². The Kier molecular flexibility index (Phi) is 6.82. The Morgan fingerprint density at radius 3 is 2.38 bits per heavy atom. The van der Waals surface area contributed by atoms with Gasteiger partial charge in [0.1, 0.15) is 23.6 Å². The van der Waals surface area contributed by atoms with Gasteiger partial charge in [0.2, 0.25) is 5.95 Å². The van der Waals surface area contributed by atoms with E-state index in [9.17, 15) is 4.39 Å². The quantitative estimate of drug-likeness (QED) is 0.290. The van der Waals surface area contributed by atoms with Crippen LogP contribution in [0.25, 0.3) is 33.2 Å². The molecule has 0 bridgehead atoms. The summed E-state index contributed by atoms with van der Waals surface area (Å²) < 4.78 is 18.4. The smallest absolute Gasteiger partial charge is 0.208 e. The zero-order valence-electron chi connectivity index (χ0n) is 24.5. The van der Waals surface area contributed by atoms with Crippen LogP contribution in [-0.4, -0.2) is 73.2 Å². The Labute approximate surface area is 245 Å². The third kappa shape index (κ3) is 4.78. The molecule has 1 aliphatic heterocycles. The van der Waals surface area contributed by atoms with E-state index < -0.39 is 0 Å². The molecule has 3 aromatic heterocycles. The maximum atomic E-state index is 14.1. The molecule has 3 N–H and O–H groups in total. The maximum absolute atomic E-state index is 14.1. The van der Waals surface area contributed by atoms with Gasteiger partial charge in [0.25, 0.3) is 0 Å². The monoisotopic (exact) mass is 567 g/mol. The number of likely N-dealkylation sites (N-methyl/N-ethyl adjacent to an activating group) is 1. The summed E-state index contributed by atoms with van der Waals surface area (Å²) in [7, 11) is 4.15. The van der Waals surface area contributed by atoms with E-state index in [0.29, 0.717) is 34.9 Å². The lowest BCUT2D eigenvalue weighted by atomic mass is 9.89. The molecule has 0 radical (unpaired) electrons. The number of imidazole rings is 1. The molecule has 4 heterocycles. The van der Waals surface area contributed by atoms with Gasteiger partial charge in [-0.2, -0.15) is 0 Å². The Bertz CT molecular complexity index is 1740. The maximum Gasteiger partial charge on any atom is 0.208 e. The van der Waals surface area contributed by atoms with Crippen LogP contribution in [0.2, 0.25) is 0 Å². The van der Waals surface area contributed by atoms with Crippen LogP contribution in [-0.2, 0) is 7.05 Å². The molecule has 1 saturated carbocycles. The summed E-state index contributed by atoms with van der Waals surface area (Å²) in [5, 5.41) is 4.30. The van der Waals surface area contributed by atoms with Gasteiger partial charge in [0.15, 0.2) is 0 Å². The summed E-state index contributed by atoms with van der Waals surface area (Å²) in [6, 6.07) is 12.6. The van der Waals surface area contributed by atoms with Gasteiger partial charge in [0.05, 0.1) is 16.4 Å². The predicted octanol–water partition coefficient (Wildman–Crippen LogP) is 5.49. The van der Waals surface area contributed by atoms with Crippen molar-refractivity contribution in [2.45, 2.75) is 44.7 Å². The second kappa shape index (κ2) is 10.7. The topological polar surface area (TPSA) is 93.1 Å². The average Bonchev–Trinajstić information content (AvgIpc) is 3.53. The highest BCUT2D eigenvalue weighted by atomic mass is 19.1. The summed E-state index contributed by atoms with van der Waals surface area (Å²) in [6.07, 6.45) is 8.48. The molecule has 5 aromatic rings. The Balaban J connectivity index is 1.13. The van der Waals surface area contributed by atoms with Crippen LogP contribution in [0, 0.1) is 12.7 Å². The van der Waals surface area contributed by atoms with Crippen LogP contribution in [0.1, 0.15) is 37.3 Å². The van der Waals surface area contributed by atoms with Crippen molar-refractivity contribution < 1.29 is 4.39 Å². The van der Waals surface area contributed by atoms with Crippen LogP contribution in [0.3, 0.4) is 0 Å². The van der Waals surface area contributed by atoms with Crippen LogP contribution < -0.4 is 11.1 Å². The van der Waals surface area contributed by atoms with Crippen molar-refractivity contribution in [2.75, 3.05) is 44.3 Å². The first kappa shape index (κ1) is 26.9. The standard InChI is InChI=1S/C32H38FN9/c1-20-16-28-27(17-26(20)33)38-32(40(28)3)37-22-6-4-21(5-7-22)25-18-42(31-29(25)30(34)35-19-36-31)24-10-8-23(9-11-24)41-14-12-39(2)13-15-41/h4-7,16-19,23-24H,8-15H2,1-3H3,(H,37,38)(H2,34,35,36). The minimum Gasteiger partial charge on any atom is -0.383 e. The number of nitrogens with two attached hydrogens (primary N) is 1. The van der Waals surface area contributed by atoms with Crippen molar-refractivity contribution in [3.8, 4) is 11.1 Å². The molecule has 2 aliphatic rings. The molecule has 0 atom stereocenters. The van der Waals surface area contributed by atoms with Crippen molar-refractivity contribution in [2.24, 2.45) is 7.05 Å². The molecule has 7 rings (SSSR count). The summed E-state index contributed by atoms with van der Waals surface area (Å²) in [5.41, 5.74) is 12.5. The third-order valence-corrected chi connectivity index (χ3v) is 9.37. The number of piperazine rings is 1. The highest BCUT2D eigenvalue weighted by molar-refractivity contribution is 6.00. The minimum atomic E-state index is -0.248. The number of benzene rings is 2. The molecule has 2 fully saturated rings. The lowest BCUT2D eigenvalue weighted by Gasteiger charge is -2.41. The average molecular weight is 568 g/mol. The van der Waals surface area contributed by atoms with Gasteiger partial charge in [-0.25, -0.2) is 19.3 Å². The summed E-state index contributed by atoms with van der Waals surface area (Å²) in [6.45, 7) is 6.43. The van der Waals surface area contributed by atoms with E-state index in [-0.39, 0.29) is 5.82 Å². The van der Waals surface area contributed by atoms with Crippen molar-refractivity contribution in [3.05, 3.63) is 60.3 Å². The summed E-state index contributed by atoms with van der Waals surface area (Å²) >= 11 is 0. The normalized spacial score (nSPS) is 20.5. The van der Waals surface area contributed by atoms with Crippen LogP contribution in [0.15, 0.2) is 48.9 Å². The van der Waals surface area contributed by atoms with Gasteiger partial charge in [-0.15, -0.1) is 0 Å². The largest absolute Gasteiger partial charge is 0.383 e. The minimum absolute atomic E-state index is 0.248. The van der Waals surface area contributed by atoms with E-state index in [1.807, 2.05) is 29.8 Å². The Hall–Kier alpha value is -4.02. The van der Waals surface area contributed by atoms with E-state index in [0.717, 1.165) is 59.3 Å². The summed E-state index contributed by atoms with van der Waals surface area (Å²) in [4.78, 5) is 18.8. The molecule has 0 amide bonds. The molecule has 0 spiro atoms. The fourth-order valence-electron chi connectivity index (χ4n) is 6.79. The number of aryl methyl sites for hydroxylation is 2. The molecule has 1 aliphatic carbocycles. The Morgan fingerprint density at radius 2 is 1.64 bits per heavy atom. The number of hydrogen-bond acceptors (Lipinski definition) is 7. The van der Waals surface area contributed by atoms with Gasteiger partial charge in [0, 0.05) is 68.8 Å². The van der Waals surface area contributed by atoms with Crippen molar-refractivity contribution in [3.63, 3.8) is 0 Å². The Morgan fingerprint density at radius 1 is 0.929 bits per heavy atom. The first-order chi connectivity index (χ1) is 20.4. The van der Waals surface area contributed by atoms with Gasteiger partial charge >= 0.3 is 0 Å². The molecule has 42 heavy (non-hydrogen) atoms. The summed E-state index contributed by atoms with van der Waals surface area (Å²) in [5.74, 6) is 0.912. The molecule has 2 aromatic carbocycles. The molecule has 1 saturated heterocycles. The number of rotatable bonds is 5. The molecular formula is C32H38FN9. The molecule has 218 valence electrons. The predicted molar refractivity (Wildman–Crippen MR) is 166 cm³/mol. The van der Waals surface area contributed by atoms with Crippen LogP contribution >= 0.6 is 0 Å². The van der Waals surface area contributed by atoms with Crippen molar-refractivity contribution >= 4 is 39.5 Å². The second-order valence-electron chi connectivity index (χ2n) is 12.0. The molecule has 9 nitrogen and oxygen atoms in total. The lowest BCUT2D eigenvalue weighted by Crippen LogP contribution is -2.49. The third-order valence-electron chi connectivity index (χ3n) is 9.37. The van der Waals surface area contributed by atoms with Crippen molar-refractivity contribution in [1.82, 2.24) is 33.9 Å². The van der Waals surface area contributed by atoms with Crippen molar-refractivity contribution in [1.29, 1.82) is 0 Å². The molecule has 10 heteroatoms. The van der Waals surface area contributed by atoms with Gasteiger partial charge < -0.3 is 25.1 Å². The zero-order chi connectivity index (χ0) is 29.0. The van der Waals surface area contributed by atoms with E-state index >= 15 is 0 Å². The van der Waals surface area contributed by atoms with E-state index in [1.54, 1.807) is 13.3 Å². The first-order valence-electron chi connectivity index (χ1n) is 14.9. The highest BCUT2D eigenvalue weighted by Crippen LogP contribution is 2.39. The SMILES string of the molecule is Cc1cc2c(cc1F)nc(Nc1ccc(-c3cn(C4CCC(N5CCN(C)CC5)CC4)c4ncnc(N)c34)cc1)n2C. The number of nitrogens with zero attached hydrogens (tertiary/aromatic N) is 7.